The molecule has 120 valence electrons. The quantitative estimate of drug-likeness (QED) is 0.845. The first kappa shape index (κ1) is 16.6. The molecule has 1 N–H and O–H groups in total. The molecule has 0 saturated carbocycles. The van der Waals surface area contributed by atoms with Crippen molar-refractivity contribution in [3.05, 3.63) is 30.0 Å². The molecular formula is C19H28N2O. The molecule has 0 radical (unpaired) electrons. The van der Waals surface area contributed by atoms with Crippen LogP contribution >= 0.6 is 0 Å². The highest BCUT2D eigenvalue weighted by atomic mass is 16.5. The van der Waals surface area contributed by atoms with Gasteiger partial charge in [-0.05, 0) is 50.8 Å². The first-order valence-corrected chi connectivity index (χ1v) is 7.83. The van der Waals surface area contributed by atoms with Crippen LogP contribution in [0.5, 0.6) is 5.75 Å². The molecule has 0 fully saturated rings. The number of pyridine rings is 1. The van der Waals surface area contributed by atoms with Gasteiger partial charge in [-0.1, -0.05) is 20.8 Å². The average Bonchev–Trinajstić information content (AvgIpc) is 2.34. The lowest BCUT2D eigenvalue weighted by Gasteiger charge is -2.34. The lowest BCUT2D eigenvalue weighted by Crippen LogP contribution is -2.35. The summed E-state index contributed by atoms with van der Waals surface area (Å²) in [6.45, 7) is 13.4. The predicted octanol–water partition coefficient (Wildman–Crippen LogP) is 5.18. The third-order valence-electron chi connectivity index (χ3n) is 3.59. The van der Waals surface area contributed by atoms with Gasteiger partial charge in [0, 0.05) is 28.4 Å². The average molecular weight is 300 g/mol. The van der Waals surface area contributed by atoms with Crippen LogP contribution in [0.1, 0.15) is 46.7 Å². The zero-order valence-corrected chi connectivity index (χ0v) is 14.9. The fraction of sp³-hybridized carbons (Fsp3) is 0.526. The van der Waals surface area contributed by atoms with Gasteiger partial charge in [-0.3, -0.25) is 4.98 Å². The van der Waals surface area contributed by atoms with Crippen LogP contribution in [-0.2, 0) is 0 Å². The third-order valence-corrected chi connectivity index (χ3v) is 3.59. The Morgan fingerprint density at radius 2 is 1.77 bits per heavy atom. The minimum Gasteiger partial charge on any atom is -0.497 e. The van der Waals surface area contributed by atoms with Gasteiger partial charge in [0.15, 0.2) is 0 Å². The SMILES string of the molecule is COc1ccc2c(NC(C)(C)CC(C)(C)C)cc(C)nc2c1. The van der Waals surface area contributed by atoms with E-state index >= 15 is 0 Å². The first-order valence-electron chi connectivity index (χ1n) is 7.83. The minimum atomic E-state index is 0.0128. The summed E-state index contributed by atoms with van der Waals surface area (Å²) in [6.07, 6.45) is 1.08. The molecule has 3 nitrogen and oxygen atoms in total. The van der Waals surface area contributed by atoms with E-state index in [0.29, 0.717) is 0 Å². The highest BCUT2D eigenvalue weighted by Crippen LogP contribution is 2.33. The smallest absolute Gasteiger partial charge is 0.121 e. The van der Waals surface area contributed by atoms with Gasteiger partial charge in [0.25, 0.3) is 0 Å². The van der Waals surface area contributed by atoms with Gasteiger partial charge < -0.3 is 10.1 Å². The number of methoxy groups -OCH3 is 1. The van der Waals surface area contributed by atoms with E-state index in [1.165, 1.54) is 0 Å². The molecule has 0 bridgehead atoms. The van der Waals surface area contributed by atoms with Crippen molar-refractivity contribution in [2.75, 3.05) is 12.4 Å². The molecule has 0 spiro atoms. The Hall–Kier alpha value is -1.77. The molecule has 2 aromatic rings. The number of nitrogens with one attached hydrogen (secondary N) is 1. The maximum absolute atomic E-state index is 5.31. The van der Waals surface area contributed by atoms with Crippen molar-refractivity contribution in [2.24, 2.45) is 5.41 Å². The molecule has 22 heavy (non-hydrogen) atoms. The third kappa shape index (κ3) is 4.12. The normalized spacial score (nSPS) is 12.5. The minimum absolute atomic E-state index is 0.0128. The Balaban J connectivity index is 2.42. The van der Waals surface area contributed by atoms with Crippen LogP contribution in [0, 0.1) is 12.3 Å². The summed E-state index contributed by atoms with van der Waals surface area (Å²) in [5.74, 6) is 0.838. The number of hydrogen-bond donors (Lipinski definition) is 1. The summed E-state index contributed by atoms with van der Waals surface area (Å²) in [7, 11) is 1.68. The van der Waals surface area contributed by atoms with Gasteiger partial charge in [-0.2, -0.15) is 0 Å². The van der Waals surface area contributed by atoms with E-state index in [1.807, 2.05) is 19.1 Å². The maximum atomic E-state index is 5.31. The van der Waals surface area contributed by atoms with Crippen molar-refractivity contribution < 1.29 is 4.74 Å². The molecule has 1 heterocycles. The second-order valence-corrected chi connectivity index (χ2v) is 7.94. The molecule has 0 unspecified atom stereocenters. The van der Waals surface area contributed by atoms with Crippen molar-refractivity contribution in [1.82, 2.24) is 4.98 Å². The van der Waals surface area contributed by atoms with Crippen molar-refractivity contribution in [1.29, 1.82) is 0 Å². The fourth-order valence-corrected chi connectivity index (χ4v) is 3.31. The monoisotopic (exact) mass is 300 g/mol. The van der Waals surface area contributed by atoms with Crippen molar-refractivity contribution in [3.63, 3.8) is 0 Å². The number of hydrogen-bond acceptors (Lipinski definition) is 3. The van der Waals surface area contributed by atoms with Gasteiger partial charge in [0.05, 0.1) is 12.6 Å². The Labute approximate surface area is 134 Å². The van der Waals surface area contributed by atoms with Crippen LogP contribution in [0.3, 0.4) is 0 Å². The Morgan fingerprint density at radius 1 is 1.09 bits per heavy atom. The molecule has 2 rings (SSSR count). The summed E-state index contributed by atoms with van der Waals surface area (Å²) in [6, 6.07) is 8.18. The van der Waals surface area contributed by atoms with Crippen molar-refractivity contribution in [3.8, 4) is 5.75 Å². The summed E-state index contributed by atoms with van der Waals surface area (Å²) in [5, 5.41) is 4.85. The van der Waals surface area contributed by atoms with E-state index in [1.54, 1.807) is 7.11 Å². The Morgan fingerprint density at radius 3 is 2.36 bits per heavy atom. The maximum Gasteiger partial charge on any atom is 0.121 e. The van der Waals surface area contributed by atoms with Crippen molar-refractivity contribution >= 4 is 16.6 Å². The van der Waals surface area contributed by atoms with Crippen LogP contribution in [0.25, 0.3) is 10.9 Å². The summed E-state index contributed by atoms with van der Waals surface area (Å²) in [4.78, 5) is 4.63. The van der Waals surface area contributed by atoms with E-state index in [-0.39, 0.29) is 11.0 Å². The van der Waals surface area contributed by atoms with Gasteiger partial charge in [0.1, 0.15) is 5.75 Å². The summed E-state index contributed by atoms with van der Waals surface area (Å²) < 4.78 is 5.31. The highest BCUT2D eigenvalue weighted by molar-refractivity contribution is 5.92. The van der Waals surface area contributed by atoms with Crippen LogP contribution in [0.15, 0.2) is 24.3 Å². The molecule has 0 atom stereocenters. The van der Waals surface area contributed by atoms with Crippen molar-refractivity contribution in [2.45, 2.75) is 53.5 Å². The lowest BCUT2D eigenvalue weighted by molar-refractivity contribution is 0.302. The molecule has 0 amide bonds. The van der Waals surface area contributed by atoms with E-state index in [4.69, 9.17) is 4.74 Å². The molecule has 0 saturated heterocycles. The second kappa shape index (κ2) is 5.79. The Bertz CT molecular complexity index is 669. The number of ether oxygens (including phenoxy) is 1. The molecule has 1 aromatic carbocycles. The number of aromatic nitrogens is 1. The lowest BCUT2D eigenvalue weighted by atomic mass is 9.81. The van der Waals surface area contributed by atoms with E-state index in [9.17, 15) is 0 Å². The number of fused-ring (bicyclic) bond motifs is 1. The van der Waals surface area contributed by atoms with Crippen LogP contribution < -0.4 is 10.1 Å². The summed E-state index contributed by atoms with van der Waals surface area (Å²) >= 11 is 0. The standard InChI is InChI=1S/C19H28N2O/c1-13-10-17(21-19(5,6)12-18(2,3)4)15-9-8-14(22-7)11-16(15)20-13/h8-11H,12H2,1-7H3,(H,20,21). The molecule has 0 aliphatic heterocycles. The second-order valence-electron chi connectivity index (χ2n) is 7.94. The van der Waals surface area contributed by atoms with Crippen LogP contribution in [0.4, 0.5) is 5.69 Å². The number of nitrogens with zero attached hydrogens (tertiary/aromatic N) is 1. The summed E-state index contributed by atoms with van der Waals surface area (Å²) in [5.41, 5.74) is 3.40. The number of rotatable bonds is 4. The zero-order chi connectivity index (χ0) is 16.5. The molecule has 1 aromatic heterocycles. The molecule has 0 aliphatic rings. The molecule has 3 heteroatoms. The number of anilines is 1. The van der Waals surface area contributed by atoms with Gasteiger partial charge >= 0.3 is 0 Å². The first-order chi connectivity index (χ1) is 10.1. The van der Waals surface area contributed by atoms with Crippen LogP contribution in [-0.4, -0.2) is 17.6 Å². The predicted molar refractivity (Wildman–Crippen MR) is 94.8 cm³/mol. The van der Waals surface area contributed by atoms with Gasteiger partial charge in [-0.15, -0.1) is 0 Å². The fourth-order valence-electron chi connectivity index (χ4n) is 3.31. The van der Waals surface area contributed by atoms with Gasteiger partial charge in [-0.25, -0.2) is 0 Å². The van der Waals surface area contributed by atoms with Gasteiger partial charge in [0.2, 0.25) is 0 Å². The Kier molecular flexibility index (Phi) is 4.37. The van der Waals surface area contributed by atoms with E-state index in [2.05, 4.69) is 57.1 Å². The van der Waals surface area contributed by atoms with Crippen LogP contribution in [0.2, 0.25) is 0 Å². The van der Waals surface area contributed by atoms with E-state index in [0.717, 1.165) is 34.5 Å². The largest absolute Gasteiger partial charge is 0.497 e. The number of benzene rings is 1. The van der Waals surface area contributed by atoms with E-state index < -0.39 is 0 Å². The zero-order valence-electron chi connectivity index (χ0n) is 14.9. The molecule has 0 aliphatic carbocycles. The highest BCUT2D eigenvalue weighted by Gasteiger charge is 2.25. The molecular weight excluding hydrogens is 272 g/mol. The topological polar surface area (TPSA) is 34.1 Å². The number of aryl methyl sites for hydroxylation is 1.